The Bertz CT molecular complexity index is 1150. The number of carbonyl (C=O) groups is 1. The molecule has 1 saturated heterocycles. The van der Waals surface area contributed by atoms with Gasteiger partial charge in [-0.25, -0.2) is 0 Å². The second-order valence-electron chi connectivity index (χ2n) is 11.9. The lowest BCUT2D eigenvalue weighted by Crippen LogP contribution is -2.62. The minimum atomic E-state index is -1.00. The topological polar surface area (TPSA) is 71.8 Å². The van der Waals surface area contributed by atoms with Crippen molar-refractivity contribution in [3.8, 4) is 5.75 Å². The van der Waals surface area contributed by atoms with Gasteiger partial charge in [-0.1, -0.05) is 51.9 Å². The van der Waals surface area contributed by atoms with E-state index in [9.17, 15) is 14.7 Å². The molecule has 1 aliphatic heterocycles. The van der Waals surface area contributed by atoms with Crippen molar-refractivity contribution >= 4 is 16.7 Å². The van der Waals surface area contributed by atoms with E-state index < -0.39 is 5.60 Å². The Labute approximate surface area is 214 Å². The van der Waals surface area contributed by atoms with Crippen molar-refractivity contribution in [1.29, 1.82) is 0 Å². The third-order valence-corrected chi connectivity index (χ3v) is 9.60. The Morgan fingerprint density at radius 2 is 1.86 bits per heavy atom. The van der Waals surface area contributed by atoms with E-state index in [1.54, 1.807) is 30.0 Å². The number of ether oxygens (including phenoxy) is 1. The maximum atomic E-state index is 13.5. The molecule has 3 fully saturated rings. The van der Waals surface area contributed by atoms with Crippen molar-refractivity contribution < 1.29 is 14.6 Å². The molecule has 1 aromatic heterocycles. The first-order chi connectivity index (χ1) is 17.3. The van der Waals surface area contributed by atoms with Gasteiger partial charge in [0, 0.05) is 36.0 Å². The number of fused-ring (bicyclic) bond motifs is 1. The highest BCUT2D eigenvalue weighted by molar-refractivity contribution is 5.82. The van der Waals surface area contributed by atoms with Gasteiger partial charge in [0.25, 0.3) is 5.56 Å². The molecule has 6 nitrogen and oxygen atoms in total. The average Bonchev–Trinajstić information content (AvgIpc) is 3.37. The number of hydrogen-bond donors (Lipinski definition) is 1. The summed E-state index contributed by atoms with van der Waals surface area (Å²) in [5, 5.41) is 13.6. The van der Waals surface area contributed by atoms with Crippen molar-refractivity contribution in [3.63, 3.8) is 0 Å². The molecule has 1 spiro atoms. The zero-order chi connectivity index (χ0) is 25.3. The predicted octanol–water partition coefficient (Wildman–Crippen LogP) is 5.14. The van der Waals surface area contributed by atoms with Crippen molar-refractivity contribution in [2.75, 3.05) is 20.2 Å². The highest BCUT2D eigenvalue weighted by Crippen LogP contribution is 2.52. The highest BCUT2D eigenvalue weighted by atomic mass is 16.5. The van der Waals surface area contributed by atoms with Crippen LogP contribution in [0.25, 0.3) is 10.8 Å². The summed E-state index contributed by atoms with van der Waals surface area (Å²) in [6.45, 7) is 3.54. The largest absolute Gasteiger partial charge is 0.497 e. The zero-order valence-electron chi connectivity index (χ0n) is 22.0. The number of nitrogens with zero attached hydrogens (tertiary/aromatic N) is 2. The van der Waals surface area contributed by atoms with Crippen LogP contribution in [0.15, 0.2) is 35.3 Å². The van der Waals surface area contributed by atoms with Crippen LogP contribution in [0.3, 0.4) is 0 Å². The van der Waals surface area contributed by atoms with Gasteiger partial charge in [0.2, 0.25) is 5.91 Å². The molecule has 2 atom stereocenters. The van der Waals surface area contributed by atoms with E-state index in [1.165, 1.54) is 32.1 Å². The molecule has 1 aromatic carbocycles. The SMILES string of the molecule is COc1ccc2c(=O)n(CC3(O)CCN(C(=O)[C@H](C)CC4CCCCC4)CC34CCCC4)ccc2c1. The summed E-state index contributed by atoms with van der Waals surface area (Å²) in [4.78, 5) is 28.9. The first kappa shape index (κ1) is 25.3. The summed E-state index contributed by atoms with van der Waals surface area (Å²) < 4.78 is 6.98. The molecule has 1 N–H and O–H groups in total. The number of hydrogen-bond acceptors (Lipinski definition) is 4. The molecule has 2 saturated carbocycles. The lowest BCUT2D eigenvalue weighted by molar-refractivity contribution is -0.163. The molecule has 3 aliphatic rings. The van der Waals surface area contributed by atoms with Crippen molar-refractivity contribution in [3.05, 3.63) is 40.8 Å². The number of aromatic nitrogens is 1. The number of benzene rings is 1. The summed E-state index contributed by atoms with van der Waals surface area (Å²) in [7, 11) is 1.62. The molecule has 5 rings (SSSR count). The maximum absolute atomic E-state index is 13.5. The molecular formula is C30H42N2O4. The first-order valence-electron chi connectivity index (χ1n) is 14.0. The van der Waals surface area contributed by atoms with E-state index in [2.05, 4.69) is 6.92 Å². The van der Waals surface area contributed by atoms with Gasteiger partial charge in [-0.15, -0.1) is 0 Å². The molecular weight excluding hydrogens is 452 g/mol. The third kappa shape index (κ3) is 4.69. The molecule has 1 unspecified atom stereocenters. The second-order valence-corrected chi connectivity index (χ2v) is 11.9. The van der Waals surface area contributed by atoms with Gasteiger partial charge in [-0.05, 0) is 61.3 Å². The van der Waals surface area contributed by atoms with E-state index in [4.69, 9.17) is 4.74 Å². The molecule has 2 aromatic rings. The van der Waals surface area contributed by atoms with Gasteiger partial charge in [0.05, 0.1) is 19.3 Å². The van der Waals surface area contributed by atoms with Gasteiger partial charge in [0.15, 0.2) is 0 Å². The van der Waals surface area contributed by atoms with Crippen LogP contribution in [0.1, 0.15) is 77.6 Å². The fraction of sp³-hybridized carbons (Fsp3) is 0.667. The Balaban J connectivity index is 1.34. The normalized spacial score (nSPS) is 25.4. The number of likely N-dealkylation sites (tertiary alicyclic amines) is 1. The number of rotatable bonds is 6. The van der Waals surface area contributed by atoms with E-state index >= 15 is 0 Å². The zero-order valence-corrected chi connectivity index (χ0v) is 22.0. The second kappa shape index (κ2) is 10.2. The maximum Gasteiger partial charge on any atom is 0.258 e. The number of piperidine rings is 1. The molecule has 0 radical (unpaired) electrons. The van der Waals surface area contributed by atoms with E-state index in [1.807, 2.05) is 17.0 Å². The summed E-state index contributed by atoms with van der Waals surface area (Å²) in [5.41, 5.74) is -1.44. The standard InChI is InChI=1S/C30H42N2O4/c1-22(18-23-8-4-3-5-9-23)27(33)32-17-15-30(35,29(20-32)13-6-7-14-29)21-31-16-12-24-19-25(36-2)10-11-26(24)28(31)34/h10-12,16,19,22-23,35H,3-9,13-15,17-18,20-21H2,1-2H3/t22-,30?/m1/s1. The molecule has 36 heavy (non-hydrogen) atoms. The van der Waals surface area contributed by atoms with Crippen LogP contribution in [0, 0.1) is 17.3 Å². The van der Waals surface area contributed by atoms with Gasteiger partial charge in [0.1, 0.15) is 5.75 Å². The number of methoxy groups -OCH3 is 1. The number of aliphatic hydroxyl groups is 1. The van der Waals surface area contributed by atoms with Crippen LogP contribution in [-0.2, 0) is 11.3 Å². The Morgan fingerprint density at radius 1 is 1.11 bits per heavy atom. The van der Waals surface area contributed by atoms with E-state index in [-0.39, 0.29) is 29.3 Å². The number of pyridine rings is 1. The van der Waals surface area contributed by atoms with E-state index in [0.717, 1.165) is 43.2 Å². The highest BCUT2D eigenvalue weighted by Gasteiger charge is 2.55. The van der Waals surface area contributed by atoms with Gasteiger partial charge < -0.3 is 19.3 Å². The molecule has 0 bridgehead atoms. The Kier molecular flexibility index (Phi) is 7.17. The summed E-state index contributed by atoms with van der Waals surface area (Å²) in [6.07, 6.45) is 13.7. The van der Waals surface area contributed by atoms with Gasteiger partial charge in [-0.2, -0.15) is 0 Å². The third-order valence-electron chi connectivity index (χ3n) is 9.60. The van der Waals surface area contributed by atoms with Gasteiger partial charge >= 0.3 is 0 Å². The van der Waals surface area contributed by atoms with Crippen LogP contribution in [0.2, 0.25) is 0 Å². The van der Waals surface area contributed by atoms with Crippen molar-refractivity contribution in [2.45, 2.75) is 89.7 Å². The monoisotopic (exact) mass is 494 g/mol. The van der Waals surface area contributed by atoms with E-state index in [0.29, 0.717) is 30.8 Å². The predicted molar refractivity (Wildman–Crippen MR) is 142 cm³/mol. The van der Waals surface area contributed by atoms with Crippen LogP contribution in [0.5, 0.6) is 5.75 Å². The molecule has 1 amide bonds. The van der Waals surface area contributed by atoms with Crippen molar-refractivity contribution in [2.24, 2.45) is 17.3 Å². The Morgan fingerprint density at radius 3 is 2.58 bits per heavy atom. The average molecular weight is 495 g/mol. The lowest BCUT2D eigenvalue weighted by atomic mass is 9.65. The molecule has 6 heteroatoms. The first-order valence-corrected chi connectivity index (χ1v) is 14.0. The quantitative estimate of drug-likeness (QED) is 0.604. The smallest absolute Gasteiger partial charge is 0.258 e. The Hall–Kier alpha value is -2.34. The fourth-order valence-corrected chi connectivity index (χ4v) is 7.42. The van der Waals surface area contributed by atoms with Crippen LogP contribution in [0.4, 0.5) is 0 Å². The number of carbonyl (C=O) groups excluding carboxylic acids is 1. The number of amides is 1. The summed E-state index contributed by atoms with van der Waals surface area (Å²) in [5.74, 6) is 1.70. The van der Waals surface area contributed by atoms with Crippen molar-refractivity contribution in [1.82, 2.24) is 9.47 Å². The lowest BCUT2D eigenvalue weighted by Gasteiger charge is -2.53. The van der Waals surface area contributed by atoms with Gasteiger partial charge in [-0.3, -0.25) is 9.59 Å². The van der Waals surface area contributed by atoms with Crippen LogP contribution < -0.4 is 10.3 Å². The summed E-state index contributed by atoms with van der Waals surface area (Å²) in [6, 6.07) is 7.40. The minimum absolute atomic E-state index is 0.0397. The fourth-order valence-electron chi connectivity index (χ4n) is 7.42. The summed E-state index contributed by atoms with van der Waals surface area (Å²) >= 11 is 0. The molecule has 196 valence electrons. The van der Waals surface area contributed by atoms with Crippen LogP contribution >= 0.6 is 0 Å². The molecule has 2 heterocycles. The van der Waals surface area contributed by atoms with Crippen LogP contribution in [-0.4, -0.2) is 46.3 Å². The minimum Gasteiger partial charge on any atom is -0.497 e. The molecule has 2 aliphatic carbocycles.